The zero-order chi connectivity index (χ0) is 15.0. The number of hydrogen-bond acceptors (Lipinski definition) is 3. The highest BCUT2D eigenvalue weighted by molar-refractivity contribution is 7.92. The van der Waals surface area contributed by atoms with Crippen molar-refractivity contribution >= 4 is 15.7 Å². The summed E-state index contributed by atoms with van der Waals surface area (Å²) in [6, 6.07) is 7.60. The SMILES string of the molecule is CCNCCCCS(=O)(=O)Nc1cccc(C(C)C)c1. The van der Waals surface area contributed by atoms with Crippen molar-refractivity contribution in [3.8, 4) is 0 Å². The first kappa shape index (κ1) is 17.0. The van der Waals surface area contributed by atoms with Crippen LogP contribution in [0.15, 0.2) is 24.3 Å². The van der Waals surface area contributed by atoms with Crippen LogP contribution in [-0.4, -0.2) is 27.3 Å². The van der Waals surface area contributed by atoms with E-state index in [1.807, 2.05) is 25.1 Å². The van der Waals surface area contributed by atoms with Gasteiger partial charge in [0.15, 0.2) is 0 Å². The summed E-state index contributed by atoms with van der Waals surface area (Å²) in [4.78, 5) is 0. The number of benzene rings is 1. The van der Waals surface area contributed by atoms with Crippen molar-refractivity contribution in [2.75, 3.05) is 23.6 Å². The van der Waals surface area contributed by atoms with E-state index >= 15 is 0 Å². The van der Waals surface area contributed by atoms with Gasteiger partial charge in [-0.15, -0.1) is 0 Å². The standard InChI is InChI=1S/C15H26N2O2S/c1-4-16-10-5-6-11-20(18,19)17-15-9-7-8-14(12-15)13(2)3/h7-9,12-13,16-17H,4-6,10-11H2,1-3H3. The molecule has 1 aromatic carbocycles. The second kappa shape index (κ2) is 8.27. The molecule has 20 heavy (non-hydrogen) atoms. The van der Waals surface area contributed by atoms with Gasteiger partial charge in [-0.3, -0.25) is 4.72 Å². The van der Waals surface area contributed by atoms with Crippen LogP contribution >= 0.6 is 0 Å². The number of nitrogens with one attached hydrogen (secondary N) is 2. The minimum absolute atomic E-state index is 0.171. The van der Waals surface area contributed by atoms with Crippen molar-refractivity contribution in [3.05, 3.63) is 29.8 Å². The van der Waals surface area contributed by atoms with Gasteiger partial charge in [-0.1, -0.05) is 32.9 Å². The second-order valence-electron chi connectivity index (χ2n) is 5.26. The van der Waals surface area contributed by atoms with E-state index in [2.05, 4.69) is 23.9 Å². The molecule has 0 saturated carbocycles. The summed E-state index contributed by atoms with van der Waals surface area (Å²) in [5.74, 6) is 0.559. The van der Waals surface area contributed by atoms with Crippen LogP contribution in [0.2, 0.25) is 0 Å². The van der Waals surface area contributed by atoms with Crippen molar-refractivity contribution < 1.29 is 8.42 Å². The number of anilines is 1. The van der Waals surface area contributed by atoms with Crippen LogP contribution in [-0.2, 0) is 10.0 Å². The van der Waals surface area contributed by atoms with Gasteiger partial charge in [0.05, 0.1) is 5.75 Å². The van der Waals surface area contributed by atoms with Crippen LogP contribution in [0.1, 0.15) is 45.1 Å². The van der Waals surface area contributed by atoms with Crippen molar-refractivity contribution in [3.63, 3.8) is 0 Å². The molecule has 0 aliphatic carbocycles. The average Bonchev–Trinajstić information content (AvgIpc) is 2.38. The molecular weight excluding hydrogens is 272 g/mol. The molecule has 4 nitrogen and oxygen atoms in total. The minimum atomic E-state index is -3.24. The minimum Gasteiger partial charge on any atom is -0.317 e. The average molecular weight is 298 g/mol. The first-order valence-electron chi connectivity index (χ1n) is 7.26. The lowest BCUT2D eigenvalue weighted by atomic mass is 10.0. The Morgan fingerprint density at radius 2 is 1.95 bits per heavy atom. The molecule has 2 N–H and O–H groups in total. The highest BCUT2D eigenvalue weighted by Crippen LogP contribution is 2.19. The van der Waals surface area contributed by atoms with Gasteiger partial charge in [-0.2, -0.15) is 0 Å². The molecular formula is C15H26N2O2S. The fourth-order valence-electron chi connectivity index (χ4n) is 1.91. The van der Waals surface area contributed by atoms with E-state index in [0.717, 1.165) is 25.1 Å². The number of hydrogen-bond donors (Lipinski definition) is 2. The molecule has 0 aliphatic rings. The third-order valence-electron chi connectivity index (χ3n) is 3.09. The van der Waals surface area contributed by atoms with Gasteiger partial charge >= 0.3 is 0 Å². The summed E-state index contributed by atoms with van der Waals surface area (Å²) in [6.07, 6.45) is 1.55. The lowest BCUT2D eigenvalue weighted by molar-refractivity contribution is 0.593. The molecule has 1 rings (SSSR count). The van der Waals surface area contributed by atoms with Crippen LogP contribution in [0.4, 0.5) is 5.69 Å². The maximum Gasteiger partial charge on any atom is 0.232 e. The molecule has 114 valence electrons. The molecule has 1 aromatic rings. The first-order chi connectivity index (χ1) is 9.44. The topological polar surface area (TPSA) is 58.2 Å². The summed E-state index contributed by atoms with van der Waals surface area (Å²) < 4.78 is 26.6. The zero-order valence-electron chi connectivity index (χ0n) is 12.6. The Morgan fingerprint density at radius 3 is 2.60 bits per heavy atom. The molecule has 0 bridgehead atoms. The zero-order valence-corrected chi connectivity index (χ0v) is 13.5. The molecule has 5 heteroatoms. The monoisotopic (exact) mass is 298 g/mol. The van der Waals surface area contributed by atoms with Crippen LogP contribution in [0.5, 0.6) is 0 Å². The molecule has 0 atom stereocenters. The van der Waals surface area contributed by atoms with E-state index in [-0.39, 0.29) is 5.75 Å². The molecule has 0 amide bonds. The van der Waals surface area contributed by atoms with E-state index in [1.54, 1.807) is 6.07 Å². The van der Waals surface area contributed by atoms with Crippen LogP contribution in [0.3, 0.4) is 0 Å². The Morgan fingerprint density at radius 1 is 1.20 bits per heavy atom. The molecule has 0 spiro atoms. The predicted octanol–water partition coefficient (Wildman–Crippen LogP) is 2.94. The lowest BCUT2D eigenvalue weighted by Gasteiger charge is -2.11. The number of unbranched alkanes of at least 4 members (excludes halogenated alkanes) is 1. The van der Waals surface area contributed by atoms with Crippen molar-refractivity contribution in [2.45, 2.75) is 39.5 Å². The maximum absolute atomic E-state index is 12.0. The Labute approximate surface area is 123 Å². The highest BCUT2D eigenvalue weighted by Gasteiger charge is 2.10. The largest absolute Gasteiger partial charge is 0.317 e. The van der Waals surface area contributed by atoms with Crippen molar-refractivity contribution in [2.24, 2.45) is 0 Å². The van der Waals surface area contributed by atoms with Gasteiger partial charge in [0.2, 0.25) is 10.0 Å². The Balaban J connectivity index is 2.51. The fourth-order valence-corrected chi connectivity index (χ4v) is 3.08. The van der Waals surface area contributed by atoms with Gasteiger partial charge in [-0.25, -0.2) is 8.42 Å². The number of rotatable bonds is 9. The molecule has 0 aliphatic heterocycles. The molecule has 0 unspecified atom stereocenters. The van der Waals surface area contributed by atoms with E-state index in [1.165, 1.54) is 0 Å². The molecule has 0 heterocycles. The summed E-state index contributed by atoms with van der Waals surface area (Å²) in [6.45, 7) is 8.02. The van der Waals surface area contributed by atoms with Gasteiger partial charge in [-0.05, 0) is 49.5 Å². The predicted molar refractivity (Wildman–Crippen MR) is 85.7 cm³/mol. The van der Waals surface area contributed by atoms with E-state index in [4.69, 9.17) is 0 Å². The highest BCUT2D eigenvalue weighted by atomic mass is 32.2. The van der Waals surface area contributed by atoms with E-state index in [9.17, 15) is 8.42 Å². The van der Waals surface area contributed by atoms with E-state index < -0.39 is 10.0 Å². The third-order valence-corrected chi connectivity index (χ3v) is 4.47. The normalized spacial score (nSPS) is 11.8. The van der Waals surface area contributed by atoms with Crippen molar-refractivity contribution in [1.82, 2.24) is 5.32 Å². The number of sulfonamides is 1. The molecule has 0 aromatic heterocycles. The smallest absolute Gasteiger partial charge is 0.232 e. The van der Waals surface area contributed by atoms with Crippen LogP contribution in [0, 0.1) is 0 Å². The lowest BCUT2D eigenvalue weighted by Crippen LogP contribution is -2.19. The van der Waals surface area contributed by atoms with Crippen LogP contribution in [0.25, 0.3) is 0 Å². The van der Waals surface area contributed by atoms with Crippen molar-refractivity contribution in [1.29, 1.82) is 0 Å². The summed E-state index contributed by atoms with van der Waals surface area (Å²) in [7, 11) is -3.24. The summed E-state index contributed by atoms with van der Waals surface area (Å²) in [5, 5.41) is 3.19. The summed E-state index contributed by atoms with van der Waals surface area (Å²) in [5.41, 5.74) is 1.79. The Bertz CT molecular complexity index is 498. The molecule has 0 radical (unpaired) electrons. The van der Waals surface area contributed by atoms with Gasteiger partial charge < -0.3 is 5.32 Å². The molecule has 0 fully saturated rings. The Hall–Kier alpha value is -1.07. The van der Waals surface area contributed by atoms with Crippen LogP contribution < -0.4 is 10.0 Å². The van der Waals surface area contributed by atoms with Gasteiger partial charge in [0, 0.05) is 5.69 Å². The third kappa shape index (κ3) is 6.39. The van der Waals surface area contributed by atoms with Gasteiger partial charge in [0.25, 0.3) is 0 Å². The fraction of sp³-hybridized carbons (Fsp3) is 0.600. The molecule has 0 saturated heterocycles. The van der Waals surface area contributed by atoms with Gasteiger partial charge in [0.1, 0.15) is 0 Å². The second-order valence-corrected chi connectivity index (χ2v) is 7.10. The summed E-state index contributed by atoms with van der Waals surface area (Å²) >= 11 is 0. The quantitative estimate of drug-likeness (QED) is 0.689. The van der Waals surface area contributed by atoms with E-state index in [0.29, 0.717) is 18.0 Å². The Kier molecular flexibility index (Phi) is 7.02. The first-order valence-corrected chi connectivity index (χ1v) is 8.91. The maximum atomic E-state index is 12.0.